The average molecular weight is 433 g/mol. The SMILES string of the molecule is CCOC(=O)c1ccc(-c2nc3n(c2-c2ccncc2)N(C(C)=O)CCN3C(C)=O)cc1. The number of carbonyl (C=O) groups excluding carboxylic acids is 3. The Morgan fingerprint density at radius 3 is 2.22 bits per heavy atom. The van der Waals surface area contributed by atoms with E-state index in [4.69, 9.17) is 9.72 Å². The second kappa shape index (κ2) is 8.62. The number of carbonyl (C=O) groups is 3. The maximum absolute atomic E-state index is 12.5. The van der Waals surface area contributed by atoms with Gasteiger partial charge in [-0.1, -0.05) is 12.1 Å². The summed E-state index contributed by atoms with van der Waals surface area (Å²) >= 11 is 0. The lowest BCUT2D eigenvalue weighted by Crippen LogP contribution is -2.52. The zero-order chi connectivity index (χ0) is 22.8. The maximum atomic E-state index is 12.5. The fraction of sp³-hybridized carbons (Fsp3) is 0.261. The minimum atomic E-state index is -0.400. The molecule has 1 aromatic carbocycles. The fourth-order valence-electron chi connectivity index (χ4n) is 3.74. The van der Waals surface area contributed by atoms with E-state index in [-0.39, 0.29) is 11.8 Å². The predicted molar refractivity (Wildman–Crippen MR) is 119 cm³/mol. The van der Waals surface area contributed by atoms with E-state index >= 15 is 0 Å². The van der Waals surface area contributed by atoms with Gasteiger partial charge in [0.2, 0.25) is 17.8 Å². The third-order valence-electron chi connectivity index (χ3n) is 5.22. The molecule has 164 valence electrons. The van der Waals surface area contributed by atoms with Crippen LogP contribution in [-0.4, -0.2) is 52.1 Å². The van der Waals surface area contributed by atoms with Gasteiger partial charge in [-0.2, -0.15) is 0 Å². The molecule has 0 unspecified atom stereocenters. The molecule has 0 saturated heterocycles. The van der Waals surface area contributed by atoms with Gasteiger partial charge in [-0.05, 0) is 31.2 Å². The summed E-state index contributed by atoms with van der Waals surface area (Å²) in [7, 11) is 0. The third-order valence-corrected chi connectivity index (χ3v) is 5.22. The monoisotopic (exact) mass is 433 g/mol. The Kier molecular flexibility index (Phi) is 5.72. The van der Waals surface area contributed by atoms with Crippen molar-refractivity contribution in [3.8, 4) is 22.5 Å². The summed E-state index contributed by atoms with van der Waals surface area (Å²) in [6.07, 6.45) is 3.32. The van der Waals surface area contributed by atoms with Crippen LogP contribution >= 0.6 is 0 Å². The minimum absolute atomic E-state index is 0.161. The molecule has 2 amide bonds. The zero-order valence-electron chi connectivity index (χ0n) is 18.1. The molecular weight excluding hydrogens is 410 g/mol. The van der Waals surface area contributed by atoms with Gasteiger partial charge in [-0.3, -0.25) is 19.5 Å². The van der Waals surface area contributed by atoms with Gasteiger partial charge in [0.1, 0.15) is 11.4 Å². The Hall–Kier alpha value is -4.01. The molecule has 4 rings (SSSR count). The van der Waals surface area contributed by atoms with E-state index in [2.05, 4.69) is 4.98 Å². The van der Waals surface area contributed by atoms with Crippen LogP contribution in [0.2, 0.25) is 0 Å². The standard InChI is InChI=1S/C23H23N5O4/c1-4-32-22(31)19-7-5-17(6-8-19)20-21(18-9-11-24-12-10-18)28-23(25-20)26(15(2)29)13-14-27(28)16(3)30/h5-12H,4,13-14H2,1-3H3. The second-order valence-corrected chi connectivity index (χ2v) is 7.27. The van der Waals surface area contributed by atoms with Crippen molar-refractivity contribution in [3.63, 3.8) is 0 Å². The van der Waals surface area contributed by atoms with Crippen molar-refractivity contribution in [2.24, 2.45) is 0 Å². The zero-order valence-corrected chi connectivity index (χ0v) is 18.1. The molecular formula is C23H23N5O4. The van der Waals surface area contributed by atoms with Crippen molar-refractivity contribution in [1.29, 1.82) is 0 Å². The first kappa shape index (κ1) is 21.2. The molecule has 0 radical (unpaired) electrons. The van der Waals surface area contributed by atoms with E-state index in [1.54, 1.807) is 58.2 Å². The molecule has 1 aliphatic rings. The lowest BCUT2D eigenvalue weighted by molar-refractivity contribution is -0.119. The predicted octanol–water partition coefficient (Wildman–Crippen LogP) is 2.64. The highest BCUT2D eigenvalue weighted by Crippen LogP contribution is 2.37. The summed E-state index contributed by atoms with van der Waals surface area (Å²) in [6.45, 7) is 5.70. The number of pyridine rings is 1. The van der Waals surface area contributed by atoms with Crippen molar-refractivity contribution in [3.05, 3.63) is 54.4 Å². The number of rotatable bonds is 4. The molecule has 0 N–H and O–H groups in total. The van der Waals surface area contributed by atoms with Crippen molar-refractivity contribution in [1.82, 2.24) is 14.6 Å². The van der Waals surface area contributed by atoms with Gasteiger partial charge in [0, 0.05) is 43.9 Å². The minimum Gasteiger partial charge on any atom is -0.462 e. The summed E-state index contributed by atoms with van der Waals surface area (Å²) in [5.74, 6) is -0.352. The number of hydrogen-bond acceptors (Lipinski definition) is 6. The lowest BCUT2D eigenvalue weighted by Gasteiger charge is -2.35. The molecule has 0 aliphatic carbocycles. The first-order chi connectivity index (χ1) is 15.4. The highest BCUT2D eigenvalue weighted by atomic mass is 16.5. The number of hydrogen-bond donors (Lipinski definition) is 0. The van der Waals surface area contributed by atoms with Gasteiger partial charge < -0.3 is 4.74 Å². The second-order valence-electron chi connectivity index (χ2n) is 7.27. The number of anilines is 1. The largest absolute Gasteiger partial charge is 0.462 e. The number of aromatic nitrogens is 3. The average Bonchev–Trinajstić information content (AvgIpc) is 3.19. The van der Waals surface area contributed by atoms with Crippen molar-refractivity contribution >= 4 is 23.7 Å². The topological polar surface area (TPSA) is 97.6 Å². The molecule has 32 heavy (non-hydrogen) atoms. The Labute approximate surface area is 185 Å². The number of esters is 1. The van der Waals surface area contributed by atoms with Crippen molar-refractivity contribution in [2.75, 3.05) is 29.6 Å². The Bertz CT molecular complexity index is 1170. The third kappa shape index (κ3) is 3.73. The quantitative estimate of drug-likeness (QED) is 0.587. The Morgan fingerprint density at radius 2 is 1.62 bits per heavy atom. The maximum Gasteiger partial charge on any atom is 0.338 e. The van der Waals surface area contributed by atoms with Crippen LogP contribution in [0, 0.1) is 0 Å². The van der Waals surface area contributed by atoms with Gasteiger partial charge in [0.05, 0.1) is 18.7 Å². The molecule has 3 aromatic rings. The van der Waals surface area contributed by atoms with Gasteiger partial charge in [0.15, 0.2) is 0 Å². The van der Waals surface area contributed by atoms with E-state index in [1.807, 2.05) is 12.1 Å². The van der Waals surface area contributed by atoms with E-state index in [1.165, 1.54) is 13.8 Å². The Balaban J connectivity index is 1.93. The first-order valence-electron chi connectivity index (χ1n) is 10.3. The summed E-state index contributed by atoms with van der Waals surface area (Å²) < 4.78 is 6.75. The van der Waals surface area contributed by atoms with Crippen molar-refractivity contribution in [2.45, 2.75) is 20.8 Å². The van der Waals surface area contributed by atoms with Crippen LogP contribution in [0.4, 0.5) is 5.95 Å². The van der Waals surface area contributed by atoms with Crippen LogP contribution in [0.25, 0.3) is 22.5 Å². The van der Waals surface area contributed by atoms with Crippen LogP contribution < -0.4 is 9.91 Å². The van der Waals surface area contributed by atoms with E-state index in [0.717, 1.165) is 11.1 Å². The molecule has 0 atom stereocenters. The van der Waals surface area contributed by atoms with Crippen LogP contribution in [0.1, 0.15) is 31.1 Å². The summed E-state index contributed by atoms with van der Waals surface area (Å²) in [5.41, 5.74) is 3.20. The lowest BCUT2D eigenvalue weighted by atomic mass is 10.0. The molecule has 0 saturated carbocycles. The number of amides is 2. The molecule has 9 nitrogen and oxygen atoms in total. The summed E-state index contributed by atoms with van der Waals surface area (Å²) in [5, 5.41) is 1.58. The number of imidazole rings is 1. The molecule has 0 spiro atoms. The normalized spacial score (nSPS) is 13.0. The van der Waals surface area contributed by atoms with Gasteiger partial charge in [-0.25, -0.2) is 19.5 Å². The van der Waals surface area contributed by atoms with E-state index in [0.29, 0.717) is 42.6 Å². The Morgan fingerprint density at radius 1 is 0.938 bits per heavy atom. The summed E-state index contributed by atoms with van der Waals surface area (Å²) in [6, 6.07) is 10.6. The van der Waals surface area contributed by atoms with E-state index in [9.17, 15) is 14.4 Å². The molecule has 0 bridgehead atoms. The van der Waals surface area contributed by atoms with Gasteiger partial charge in [-0.15, -0.1) is 0 Å². The molecule has 9 heteroatoms. The van der Waals surface area contributed by atoms with E-state index < -0.39 is 5.97 Å². The van der Waals surface area contributed by atoms with Crippen molar-refractivity contribution < 1.29 is 19.1 Å². The van der Waals surface area contributed by atoms with Gasteiger partial charge >= 0.3 is 5.97 Å². The number of nitrogens with zero attached hydrogens (tertiary/aromatic N) is 5. The number of ether oxygens (including phenoxy) is 1. The van der Waals surface area contributed by atoms with Crippen LogP contribution in [-0.2, 0) is 14.3 Å². The fourth-order valence-corrected chi connectivity index (χ4v) is 3.74. The molecule has 0 fully saturated rings. The molecule has 1 aliphatic heterocycles. The molecule has 2 aromatic heterocycles. The highest BCUT2D eigenvalue weighted by Gasteiger charge is 2.33. The van der Waals surface area contributed by atoms with Crippen LogP contribution in [0.5, 0.6) is 0 Å². The van der Waals surface area contributed by atoms with Gasteiger partial charge in [0.25, 0.3) is 0 Å². The van der Waals surface area contributed by atoms with Crippen LogP contribution in [0.15, 0.2) is 48.8 Å². The molecule has 3 heterocycles. The van der Waals surface area contributed by atoms with Crippen LogP contribution in [0.3, 0.4) is 0 Å². The summed E-state index contributed by atoms with van der Waals surface area (Å²) in [4.78, 5) is 47.2. The first-order valence-corrected chi connectivity index (χ1v) is 10.3. The number of fused-ring (bicyclic) bond motifs is 1. The smallest absolute Gasteiger partial charge is 0.338 e. The number of benzene rings is 1. The highest BCUT2D eigenvalue weighted by molar-refractivity contribution is 5.96.